The van der Waals surface area contributed by atoms with Crippen molar-refractivity contribution in [2.75, 3.05) is 0 Å². The molecule has 0 saturated heterocycles. The van der Waals surface area contributed by atoms with Crippen LogP contribution in [0.25, 0.3) is 10.9 Å². The minimum Gasteiger partial charge on any atom is -0.324 e. The summed E-state index contributed by atoms with van der Waals surface area (Å²) in [6.07, 6.45) is 2.66. The quantitative estimate of drug-likeness (QED) is 0.776. The van der Waals surface area contributed by atoms with E-state index in [0.29, 0.717) is 0 Å². The topological polar surface area (TPSA) is 38.9 Å². The summed E-state index contributed by atoms with van der Waals surface area (Å²) in [5.41, 5.74) is 8.47. The summed E-state index contributed by atoms with van der Waals surface area (Å²) in [5.74, 6) is 0. The van der Waals surface area contributed by atoms with Gasteiger partial charge in [0, 0.05) is 38.8 Å². The zero-order valence-corrected chi connectivity index (χ0v) is 12.6. The molecule has 0 saturated carbocycles. The zero-order valence-electron chi connectivity index (χ0n) is 10.2. The Morgan fingerprint density at radius 2 is 2.11 bits per heavy atom. The van der Waals surface area contributed by atoms with Crippen LogP contribution in [0.1, 0.15) is 16.5 Å². The summed E-state index contributed by atoms with van der Waals surface area (Å²) in [4.78, 5) is 5.75. The maximum absolute atomic E-state index is 6.35. The number of pyridine rings is 1. The molecule has 2 heterocycles. The first kappa shape index (κ1) is 12.8. The van der Waals surface area contributed by atoms with Gasteiger partial charge in [-0.2, -0.15) is 0 Å². The van der Waals surface area contributed by atoms with E-state index in [9.17, 15) is 0 Å². The lowest BCUT2D eigenvalue weighted by Gasteiger charge is -2.13. The summed E-state index contributed by atoms with van der Waals surface area (Å²) >= 11 is 5.21. The molecule has 0 fully saturated rings. The molecule has 4 heteroatoms. The number of fused-ring (bicyclic) bond motifs is 1. The number of nitrogens with zero attached hydrogens (tertiary/aromatic N) is 1. The Kier molecular flexibility index (Phi) is 3.64. The number of hydrogen-bond donors (Lipinski definition) is 1. The lowest BCUT2D eigenvalue weighted by molar-refractivity contribution is 0.734. The Labute approximate surface area is 124 Å². The Bertz CT molecular complexity index is 703. The normalized spacial score (nSPS) is 12.7. The molecule has 2 nitrogen and oxygen atoms in total. The van der Waals surface area contributed by atoms with Gasteiger partial charge < -0.3 is 5.73 Å². The molecule has 1 atom stereocenters. The molecule has 1 aromatic carbocycles. The maximum Gasteiger partial charge on any atom is 0.0749 e. The number of thiophene rings is 1. The van der Waals surface area contributed by atoms with Gasteiger partial charge in [0.25, 0.3) is 0 Å². The minimum absolute atomic E-state index is 0.0239. The van der Waals surface area contributed by atoms with E-state index in [2.05, 4.69) is 50.6 Å². The highest BCUT2D eigenvalue weighted by molar-refractivity contribution is 9.10. The molecule has 3 aromatic rings. The number of nitrogens with two attached hydrogens (primary N) is 1. The van der Waals surface area contributed by atoms with E-state index in [0.717, 1.165) is 27.4 Å². The average Bonchev–Trinajstić information content (AvgIpc) is 2.83. The van der Waals surface area contributed by atoms with Crippen LogP contribution < -0.4 is 5.73 Å². The third kappa shape index (κ3) is 2.71. The van der Waals surface area contributed by atoms with Crippen LogP contribution in [0.5, 0.6) is 0 Å². The summed E-state index contributed by atoms with van der Waals surface area (Å²) in [6.45, 7) is 0. The van der Waals surface area contributed by atoms with Crippen molar-refractivity contribution in [1.29, 1.82) is 0 Å². The molecule has 0 spiro atoms. The molecule has 96 valence electrons. The summed E-state index contributed by atoms with van der Waals surface area (Å²) in [6, 6.07) is 12.3. The molecule has 0 aliphatic rings. The van der Waals surface area contributed by atoms with E-state index < -0.39 is 0 Å². The maximum atomic E-state index is 6.35. The molecule has 2 N–H and O–H groups in total. The molecule has 0 aliphatic carbocycles. The minimum atomic E-state index is -0.0239. The van der Waals surface area contributed by atoms with Crippen LogP contribution in [0.2, 0.25) is 0 Å². The van der Waals surface area contributed by atoms with Crippen LogP contribution in [0.3, 0.4) is 0 Å². The van der Waals surface area contributed by atoms with E-state index in [1.54, 1.807) is 11.3 Å². The van der Waals surface area contributed by atoms with Gasteiger partial charge >= 0.3 is 0 Å². The molecule has 0 bridgehead atoms. The summed E-state index contributed by atoms with van der Waals surface area (Å²) in [5, 5.41) is 3.23. The highest BCUT2D eigenvalue weighted by Crippen LogP contribution is 2.27. The highest BCUT2D eigenvalue weighted by Gasteiger charge is 2.12. The van der Waals surface area contributed by atoms with E-state index >= 15 is 0 Å². The van der Waals surface area contributed by atoms with Crippen molar-refractivity contribution in [3.05, 3.63) is 62.9 Å². The first-order chi connectivity index (χ1) is 9.24. The molecule has 1 unspecified atom stereocenters. The van der Waals surface area contributed by atoms with Crippen molar-refractivity contribution >= 4 is 38.2 Å². The summed E-state index contributed by atoms with van der Waals surface area (Å²) < 4.78 is 1.12. The predicted molar refractivity (Wildman–Crippen MR) is 84.4 cm³/mol. The van der Waals surface area contributed by atoms with Crippen molar-refractivity contribution in [3.63, 3.8) is 0 Å². The van der Waals surface area contributed by atoms with Gasteiger partial charge in [-0.05, 0) is 33.6 Å². The number of halogens is 1. The molecule has 0 amide bonds. The van der Waals surface area contributed by atoms with Crippen molar-refractivity contribution in [2.45, 2.75) is 12.5 Å². The fourth-order valence-corrected chi connectivity index (χ4v) is 3.73. The number of para-hydroxylation sites is 1. The van der Waals surface area contributed by atoms with Crippen LogP contribution in [-0.2, 0) is 6.42 Å². The molecular formula is C15H13BrN2S. The molecule has 3 rings (SSSR count). The van der Waals surface area contributed by atoms with Crippen LogP contribution in [0.4, 0.5) is 0 Å². The van der Waals surface area contributed by atoms with Gasteiger partial charge in [-0.15, -0.1) is 11.3 Å². The second kappa shape index (κ2) is 5.41. The van der Waals surface area contributed by atoms with Crippen molar-refractivity contribution < 1.29 is 0 Å². The first-order valence-corrected chi connectivity index (χ1v) is 7.73. The highest BCUT2D eigenvalue weighted by atomic mass is 79.9. The van der Waals surface area contributed by atoms with E-state index in [4.69, 9.17) is 5.73 Å². The Morgan fingerprint density at radius 1 is 1.26 bits per heavy atom. The van der Waals surface area contributed by atoms with Gasteiger partial charge in [-0.25, -0.2) is 0 Å². The van der Waals surface area contributed by atoms with E-state index in [1.165, 1.54) is 4.88 Å². The average molecular weight is 333 g/mol. The fourth-order valence-electron chi connectivity index (χ4n) is 2.21. The second-order valence-corrected chi connectivity index (χ2v) is 6.38. The molecule has 0 radical (unpaired) electrons. The molecular weight excluding hydrogens is 320 g/mol. The Hall–Kier alpha value is -1.23. The first-order valence-electron chi connectivity index (χ1n) is 6.06. The van der Waals surface area contributed by atoms with Gasteiger partial charge in [0.05, 0.1) is 5.52 Å². The Balaban J connectivity index is 1.95. The third-order valence-electron chi connectivity index (χ3n) is 3.11. The SMILES string of the molecule is NC(Cc1cc(Br)cs1)c1cccc2cccnc12. The van der Waals surface area contributed by atoms with Crippen LogP contribution in [-0.4, -0.2) is 4.98 Å². The van der Waals surface area contributed by atoms with Crippen molar-refractivity contribution in [2.24, 2.45) is 5.73 Å². The fraction of sp³-hybridized carbons (Fsp3) is 0.133. The largest absolute Gasteiger partial charge is 0.324 e. The monoisotopic (exact) mass is 332 g/mol. The van der Waals surface area contributed by atoms with E-state index in [-0.39, 0.29) is 6.04 Å². The standard InChI is InChI=1S/C15H13BrN2S/c16-11-7-12(19-9-11)8-14(17)13-5-1-3-10-4-2-6-18-15(10)13/h1-7,9,14H,8,17H2. The van der Waals surface area contributed by atoms with Crippen LogP contribution in [0.15, 0.2) is 52.4 Å². The van der Waals surface area contributed by atoms with Gasteiger partial charge in [-0.3, -0.25) is 4.98 Å². The van der Waals surface area contributed by atoms with Crippen molar-refractivity contribution in [1.82, 2.24) is 4.98 Å². The van der Waals surface area contributed by atoms with Gasteiger partial charge in [0.15, 0.2) is 0 Å². The van der Waals surface area contributed by atoms with E-state index in [1.807, 2.05) is 18.3 Å². The second-order valence-electron chi connectivity index (χ2n) is 4.46. The number of hydrogen-bond acceptors (Lipinski definition) is 3. The van der Waals surface area contributed by atoms with Gasteiger partial charge in [0.2, 0.25) is 0 Å². The summed E-state index contributed by atoms with van der Waals surface area (Å²) in [7, 11) is 0. The Morgan fingerprint density at radius 3 is 2.89 bits per heavy atom. The molecule has 2 aromatic heterocycles. The molecule has 0 aliphatic heterocycles. The predicted octanol–water partition coefficient (Wildman–Crippen LogP) is 4.30. The van der Waals surface area contributed by atoms with Crippen molar-refractivity contribution in [3.8, 4) is 0 Å². The lowest BCUT2D eigenvalue weighted by Crippen LogP contribution is -2.13. The van der Waals surface area contributed by atoms with Crippen LogP contribution in [0, 0.1) is 0 Å². The van der Waals surface area contributed by atoms with Crippen LogP contribution >= 0.6 is 27.3 Å². The number of benzene rings is 1. The molecule has 19 heavy (non-hydrogen) atoms. The third-order valence-corrected chi connectivity index (χ3v) is 4.83. The van der Waals surface area contributed by atoms with Gasteiger partial charge in [-0.1, -0.05) is 24.3 Å². The smallest absolute Gasteiger partial charge is 0.0749 e. The number of aromatic nitrogens is 1. The zero-order chi connectivity index (χ0) is 13.2. The van der Waals surface area contributed by atoms with Gasteiger partial charge in [0.1, 0.15) is 0 Å². The lowest BCUT2D eigenvalue weighted by atomic mass is 10.0. The number of rotatable bonds is 3.